The van der Waals surface area contributed by atoms with Crippen molar-refractivity contribution in [2.45, 2.75) is 27.7 Å². The van der Waals surface area contributed by atoms with Crippen molar-refractivity contribution in [3.8, 4) is 17.2 Å². The summed E-state index contributed by atoms with van der Waals surface area (Å²) in [4.78, 5) is 18.0. The zero-order valence-electron chi connectivity index (χ0n) is 20.8. The van der Waals surface area contributed by atoms with Crippen LogP contribution >= 0.6 is 11.9 Å². The molecule has 36 heavy (non-hydrogen) atoms. The third-order valence-corrected chi connectivity index (χ3v) is 8.47. The standard InChI is InChI=1S/C24H27N5O5S2/c1-13(2)12-36(31,32)24-27-35-23-26-22(30)18(21(25)29(23)24)10-16-9-14(3)28(15(16)4)19-11-17(33-5)7-8-20(19)34-6/h7-11,13,25H,12H2,1-6H3/b18-10-,25-21?. The first kappa shape index (κ1) is 25.7. The van der Waals surface area contributed by atoms with Gasteiger partial charge in [0.15, 0.2) is 0 Å². The van der Waals surface area contributed by atoms with Gasteiger partial charge < -0.3 is 14.0 Å². The minimum atomic E-state index is -3.77. The van der Waals surface area contributed by atoms with Crippen molar-refractivity contribution in [1.29, 1.82) is 5.41 Å². The van der Waals surface area contributed by atoms with Crippen molar-refractivity contribution in [1.82, 2.24) is 9.47 Å². The van der Waals surface area contributed by atoms with E-state index < -0.39 is 15.7 Å². The van der Waals surface area contributed by atoms with Gasteiger partial charge in [-0.05, 0) is 49.6 Å². The molecule has 0 radical (unpaired) electrons. The van der Waals surface area contributed by atoms with Gasteiger partial charge in [-0.25, -0.2) is 13.3 Å². The van der Waals surface area contributed by atoms with E-state index in [1.807, 2.05) is 36.6 Å². The first-order valence-corrected chi connectivity index (χ1v) is 13.5. The monoisotopic (exact) mass is 529 g/mol. The molecule has 4 rings (SSSR count). The van der Waals surface area contributed by atoms with E-state index in [1.165, 1.54) is 0 Å². The first-order chi connectivity index (χ1) is 17.0. The number of fused-ring (bicyclic) bond motifs is 1. The van der Waals surface area contributed by atoms with Crippen molar-refractivity contribution >= 4 is 49.9 Å². The number of nitrogens with zero attached hydrogens (tertiary/aromatic N) is 4. The van der Waals surface area contributed by atoms with Gasteiger partial charge in [-0.1, -0.05) is 13.8 Å². The fourth-order valence-corrected chi connectivity index (χ4v) is 6.88. The fraction of sp³-hybridized carbons (Fsp3) is 0.333. The molecule has 0 atom stereocenters. The number of amides is 1. The van der Waals surface area contributed by atoms with E-state index in [-0.39, 0.29) is 33.4 Å². The number of hydrogen-bond acceptors (Lipinski definition) is 8. The highest BCUT2D eigenvalue weighted by molar-refractivity contribution is 8.16. The van der Waals surface area contributed by atoms with E-state index in [9.17, 15) is 13.2 Å². The molecule has 0 aliphatic carbocycles. The Kier molecular flexibility index (Phi) is 6.84. The molecular weight excluding hydrogens is 502 g/mol. The highest BCUT2D eigenvalue weighted by Crippen LogP contribution is 2.34. The number of sulfone groups is 1. The number of amidine groups is 3. The average molecular weight is 530 g/mol. The summed E-state index contributed by atoms with van der Waals surface area (Å²) in [6, 6.07) is 7.34. The van der Waals surface area contributed by atoms with Crippen LogP contribution in [0, 0.1) is 25.2 Å². The van der Waals surface area contributed by atoms with Gasteiger partial charge in [0.2, 0.25) is 20.2 Å². The number of aromatic nitrogens is 1. The van der Waals surface area contributed by atoms with Crippen LogP contribution < -0.4 is 9.47 Å². The molecule has 1 amide bonds. The lowest BCUT2D eigenvalue weighted by molar-refractivity contribution is -0.114. The van der Waals surface area contributed by atoms with Gasteiger partial charge >= 0.3 is 0 Å². The Hall–Kier alpha value is -3.38. The lowest BCUT2D eigenvalue weighted by Crippen LogP contribution is -2.46. The third kappa shape index (κ3) is 4.46. The van der Waals surface area contributed by atoms with E-state index in [0.29, 0.717) is 17.1 Å². The molecule has 3 heterocycles. The van der Waals surface area contributed by atoms with Crippen LogP contribution in [0.5, 0.6) is 11.5 Å². The average Bonchev–Trinajstić information content (AvgIpc) is 3.36. The van der Waals surface area contributed by atoms with Gasteiger partial charge in [0.25, 0.3) is 5.91 Å². The van der Waals surface area contributed by atoms with Gasteiger partial charge in [0, 0.05) is 17.5 Å². The second-order valence-electron chi connectivity index (χ2n) is 8.78. The lowest BCUT2D eigenvalue weighted by atomic mass is 10.1. The van der Waals surface area contributed by atoms with Crippen LogP contribution in [-0.2, 0) is 14.6 Å². The minimum absolute atomic E-state index is 0.0217. The van der Waals surface area contributed by atoms with Crippen molar-refractivity contribution in [3.05, 3.63) is 46.8 Å². The molecule has 2 aliphatic heterocycles. The molecule has 0 bridgehead atoms. The molecule has 2 aliphatic rings. The van der Waals surface area contributed by atoms with E-state index in [1.54, 1.807) is 40.2 Å². The normalized spacial score (nSPS) is 17.0. The Morgan fingerprint density at radius 3 is 2.53 bits per heavy atom. The molecule has 1 aromatic carbocycles. The van der Waals surface area contributed by atoms with Crippen LogP contribution in [0.25, 0.3) is 11.8 Å². The Morgan fingerprint density at radius 2 is 1.89 bits per heavy atom. The zero-order chi connectivity index (χ0) is 26.4. The van der Waals surface area contributed by atoms with Crippen molar-refractivity contribution in [2.24, 2.45) is 15.3 Å². The predicted octanol–water partition coefficient (Wildman–Crippen LogP) is 3.76. The summed E-state index contributed by atoms with van der Waals surface area (Å²) < 4.78 is 42.7. The quantitative estimate of drug-likeness (QED) is 0.446. The van der Waals surface area contributed by atoms with Crippen LogP contribution in [0.2, 0.25) is 0 Å². The van der Waals surface area contributed by atoms with Crippen molar-refractivity contribution in [3.63, 3.8) is 0 Å². The molecule has 0 unspecified atom stereocenters. The summed E-state index contributed by atoms with van der Waals surface area (Å²) in [5, 5.41) is 8.51. The number of carbonyl (C=O) groups is 1. The first-order valence-electron chi connectivity index (χ1n) is 11.1. The van der Waals surface area contributed by atoms with E-state index >= 15 is 0 Å². The Bertz CT molecular complexity index is 1470. The topological polar surface area (TPSA) is 126 Å². The smallest absolute Gasteiger partial charge is 0.283 e. The van der Waals surface area contributed by atoms with E-state index in [2.05, 4.69) is 9.39 Å². The largest absolute Gasteiger partial charge is 0.497 e. The molecular formula is C24H27N5O5S2. The molecule has 0 spiro atoms. The fourth-order valence-electron chi connectivity index (χ4n) is 4.14. The number of ether oxygens (including phenoxy) is 2. The maximum absolute atomic E-state index is 12.9. The minimum Gasteiger partial charge on any atom is -0.497 e. The number of nitrogens with one attached hydrogen (secondary N) is 1. The summed E-state index contributed by atoms with van der Waals surface area (Å²) in [6.45, 7) is 7.38. The number of methoxy groups -OCH3 is 2. The van der Waals surface area contributed by atoms with Gasteiger partial charge in [0.05, 0.1) is 43.2 Å². The molecule has 0 saturated carbocycles. The summed E-state index contributed by atoms with van der Waals surface area (Å²) in [7, 11) is -0.604. The molecule has 1 aromatic heterocycles. The number of carbonyl (C=O) groups excluding carboxylic acids is 1. The molecule has 0 fully saturated rings. The van der Waals surface area contributed by atoms with Crippen LogP contribution in [0.4, 0.5) is 0 Å². The van der Waals surface area contributed by atoms with Crippen LogP contribution in [0.1, 0.15) is 30.8 Å². The van der Waals surface area contributed by atoms with Crippen LogP contribution in [-0.4, -0.2) is 59.9 Å². The maximum atomic E-state index is 12.9. The van der Waals surface area contributed by atoms with Crippen LogP contribution in [0.3, 0.4) is 0 Å². The lowest BCUT2D eigenvalue weighted by Gasteiger charge is -2.24. The number of benzene rings is 1. The summed E-state index contributed by atoms with van der Waals surface area (Å²) in [6.07, 6.45) is 1.56. The second kappa shape index (κ2) is 9.58. The third-order valence-electron chi connectivity index (χ3n) is 5.72. The Balaban J connectivity index is 1.77. The second-order valence-corrected chi connectivity index (χ2v) is 11.4. The van der Waals surface area contributed by atoms with E-state index in [0.717, 1.165) is 33.9 Å². The van der Waals surface area contributed by atoms with Gasteiger partial charge in [-0.2, -0.15) is 9.39 Å². The molecule has 1 N–H and O–H groups in total. The Labute approximate surface area is 214 Å². The maximum Gasteiger partial charge on any atom is 0.283 e. The summed E-state index contributed by atoms with van der Waals surface area (Å²) in [5.41, 5.74) is 3.07. The van der Waals surface area contributed by atoms with Gasteiger partial charge in [-0.15, -0.1) is 0 Å². The summed E-state index contributed by atoms with van der Waals surface area (Å²) >= 11 is 0.785. The molecule has 2 aromatic rings. The SMILES string of the molecule is COc1ccc(OC)c(-n2c(C)cc(/C=C3/C(=N)N4C(=NC3=O)SN=C4S(=O)(=O)CC(C)C)c2C)c1. The van der Waals surface area contributed by atoms with Gasteiger partial charge in [-0.3, -0.25) is 10.2 Å². The molecule has 190 valence electrons. The molecule has 0 saturated heterocycles. The van der Waals surface area contributed by atoms with Crippen molar-refractivity contribution < 1.29 is 22.7 Å². The summed E-state index contributed by atoms with van der Waals surface area (Å²) in [5.74, 6) is 0.145. The number of hydrogen-bond donors (Lipinski definition) is 1. The number of rotatable bonds is 6. The zero-order valence-corrected chi connectivity index (χ0v) is 22.5. The highest BCUT2D eigenvalue weighted by Gasteiger charge is 2.42. The van der Waals surface area contributed by atoms with Gasteiger partial charge in [0.1, 0.15) is 17.3 Å². The molecule has 12 heteroatoms. The predicted molar refractivity (Wildman–Crippen MR) is 142 cm³/mol. The highest BCUT2D eigenvalue weighted by atomic mass is 32.2. The Morgan fingerprint density at radius 1 is 1.17 bits per heavy atom. The van der Waals surface area contributed by atoms with Crippen molar-refractivity contribution in [2.75, 3.05) is 20.0 Å². The molecule has 10 nitrogen and oxygen atoms in total. The van der Waals surface area contributed by atoms with Crippen LogP contribution in [0.15, 0.2) is 39.2 Å². The number of aliphatic imine (C=N–C) groups is 1. The number of aryl methyl sites for hydroxylation is 1. The van der Waals surface area contributed by atoms with E-state index in [4.69, 9.17) is 14.9 Å².